The molecule has 0 bridgehead atoms. The first-order valence-electron chi connectivity index (χ1n) is 9.38. The van der Waals surface area contributed by atoms with Crippen molar-refractivity contribution in [2.45, 2.75) is 23.9 Å². The molecule has 0 amide bonds. The number of alkyl halides is 3. The number of benzene rings is 1. The lowest BCUT2D eigenvalue weighted by Gasteiger charge is -2.09. The Morgan fingerprint density at radius 3 is 2.39 bits per heavy atom. The number of aromatic nitrogens is 5. The molecule has 4 rings (SSSR count). The second-order valence-electron chi connectivity index (χ2n) is 7.03. The fraction of sp³-hybridized carbons (Fsp3) is 0.150. The van der Waals surface area contributed by atoms with Gasteiger partial charge in [-0.25, -0.2) is 27.4 Å². The highest BCUT2D eigenvalue weighted by Gasteiger charge is 2.46. The molecule has 0 saturated heterocycles. The Hall–Kier alpha value is -3.87. The van der Waals surface area contributed by atoms with E-state index in [0.717, 1.165) is 28.8 Å². The van der Waals surface area contributed by atoms with Crippen molar-refractivity contribution in [2.24, 2.45) is 0 Å². The average Bonchev–Trinajstić information content (AvgIpc) is 3.38. The first-order chi connectivity index (χ1) is 15.5. The van der Waals surface area contributed by atoms with Crippen molar-refractivity contribution in [3.05, 3.63) is 82.8 Å². The van der Waals surface area contributed by atoms with Crippen LogP contribution in [0.1, 0.15) is 11.3 Å². The highest BCUT2D eigenvalue weighted by molar-refractivity contribution is 7.92. The van der Waals surface area contributed by atoms with Gasteiger partial charge in [-0.3, -0.25) is 4.57 Å². The Morgan fingerprint density at radius 1 is 1.09 bits per heavy atom. The smallest absolute Gasteiger partial charge is 0.493 e. The fourth-order valence-electron chi connectivity index (χ4n) is 3.24. The molecule has 0 atom stereocenters. The van der Waals surface area contributed by atoms with Gasteiger partial charge in [0.15, 0.2) is 5.82 Å². The fourth-order valence-corrected chi connectivity index (χ4v) is 4.00. The van der Waals surface area contributed by atoms with Crippen LogP contribution in [0.5, 0.6) is 5.88 Å². The minimum Gasteiger partial charge on any atom is -0.493 e. The third-order valence-electron chi connectivity index (χ3n) is 4.96. The predicted octanol–water partition coefficient (Wildman–Crippen LogP) is 2.58. The molecule has 0 spiro atoms. The molecule has 0 fully saturated rings. The maximum atomic E-state index is 13.0. The molecule has 0 unspecified atom stereocenters. The highest BCUT2D eigenvalue weighted by Crippen LogP contribution is 2.31. The minimum absolute atomic E-state index is 0.00688. The van der Waals surface area contributed by atoms with Crippen LogP contribution < -0.4 is 5.69 Å². The van der Waals surface area contributed by atoms with Crippen molar-refractivity contribution in [1.82, 2.24) is 23.9 Å². The van der Waals surface area contributed by atoms with Crippen molar-refractivity contribution >= 4 is 9.84 Å². The van der Waals surface area contributed by atoms with Crippen molar-refractivity contribution in [3.63, 3.8) is 0 Å². The normalized spacial score (nSPS) is 12.2. The molecule has 1 N–H and O–H groups in total. The first kappa shape index (κ1) is 22.3. The molecule has 0 aliphatic rings. The van der Waals surface area contributed by atoms with Gasteiger partial charge in [0.2, 0.25) is 5.88 Å². The molecule has 3 heterocycles. The Kier molecular flexibility index (Phi) is 5.36. The zero-order valence-corrected chi connectivity index (χ0v) is 17.7. The van der Waals surface area contributed by atoms with Crippen LogP contribution in [0.15, 0.2) is 70.7 Å². The van der Waals surface area contributed by atoms with Gasteiger partial charge < -0.3 is 5.11 Å². The van der Waals surface area contributed by atoms with Crippen LogP contribution in [-0.2, 0) is 16.4 Å². The molecule has 4 aromatic rings. The third-order valence-corrected chi connectivity index (χ3v) is 6.46. The van der Waals surface area contributed by atoms with Crippen molar-refractivity contribution in [3.8, 4) is 17.4 Å². The van der Waals surface area contributed by atoms with E-state index in [2.05, 4.69) is 10.1 Å². The molecule has 33 heavy (non-hydrogen) atoms. The standard InChI is InChI=1S/C20H16F3N5O4S/c1-13-18(29)28(15-3-5-16(6-4-15)33(31,32)20(21,22)23)19(30)26(13)12-14-7-9-24-17(11-14)27-10-2-8-25-27/h2-11,29H,12H2,1H3. The van der Waals surface area contributed by atoms with E-state index in [9.17, 15) is 31.5 Å². The summed E-state index contributed by atoms with van der Waals surface area (Å²) in [5.74, 6) is 0.0982. The Balaban J connectivity index is 1.70. The lowest BCUT2D eigenvalue weighted by molar-refractivity contribution is -0.0436. The molecule has 9 nitrogen and oxygen atoms in total. The first-order valence-corrected chi connectivity index (χ1v) is 10.9. The molecule has 0 aliphatic carbocycles. The SMILES string of the molecule is Cc1c(O)n(-c2ccc(S(=O)(=O)C(F)(F)F)cc2)c(=O)n1Cc1ccnc(-n2cccn2)c1. The summed E-state index contributed by atoms with van der Waals surface area (Å²) >= 11 is 0. The van der Waals surface area contributed by atoms with E-state index in [0.29, 0.717) is 11.4 Å². The number of hydrogen-bond donors (Lipinski definition) is 1. The molecule has 0 saturated carbocycles. The number of pyridine rings is 1. The topological polar surface area (TPSA) is 112 Å². The molecule has 0 aliphatic heterocycles. The van der Waals surface area contributed by atoms with Crippen LogP contribution >= 0.6 is 0 Å². The number of imidazole rings is 1. The minimum atomic E-state index is -5.53. The van der Waals surface area contributed by atoms with E-state index >= 15 is 0 Å². The van der Waals surface area contributed by atoms with Gasteiger partial charge in [0.05, 0.1) is 22.8 Å². The van der Waals surface area contributed by atoms with Crippen LogP contribution in [0.4, 0.5) is 13.2 Å². The number of halogens is 3. The lowest BCUT2D eigenvalue weighted by atomic mass is 10.2. The number of sulfone groups is 1. The second-order valence-corrected chi connectivity index (χ2v) is 8.97. The van der Waals surface area contributed by atoms with Crippen molar-refractivity contribution in [1.29, 1.82) is 0 Å². The molecular formula is C20H16F3N5O4S. The van der Waals surface area contributed by atoms with Gasteiger partial charge in [0.1, 0.15) is 0 Å². The zero-order chi connectivity index (χ0) is 24.0. The average molecular weight is 479 g/mol. The largest absolute Gasteiger partial charge is 0.501 e. The van der Waals surface area contributed by atoms with Gasteiger partial charge in [0.25, 0.3) is 9.84 Å². The molecular weight excluding hydrogens is 463 g/mol. The lowest BCUT2D eigenvalue weighted by Crippen LogP contribution is -2.25. The molecule has 13 heteroatoms. The van der Waals surface area contributed by atoms with Gasteiger partial charge in [-0.2, -0.15) is 18.3 Å². The quantitative estimate of drug-likeness (QED) is 0.471. The summed E-state index contributed by atoms with van der Waals surface area (Å²) in [6, 6.07) is 8.63. The van der Waals surface area contributed by atoms with E-state index in [1.165, 1.54) is 11.5 Å². The molecule has 1 aromatic carbocycles. The maximum Gasteiger partial charge on any atom is 0.501 e. The second kappa shape index (κ2) is 7.92. The van der Waals surface area contributed by atoms with Gasteiger partial charge in [-0.1, -0.05) is 0 Å². The van der Waals surface area contributed by atoms with E-state index in [1.807, 2.05) is 0 Å². The van der Waals surface area contributed by atoms with Crippen molar-refractivity contribution in [2.75, 3.05) is 0 Å². The van der Waals surface area contributed by atoms with Gasteiger partial charge >= 0.3 is 11.2 Å². The summed E-state index contributed by atoms with van der Waals surface area (Å²) in [5, 5.41) is 14.6. The summed E-state index contributed by atoms with van der Waals surface area (Å²) in [7, 11) is -5.53. The van der Waals surface area contributed by atoms with E-state index in [1.54, 1.807) is 41.5 Å². The van der Waals surface area contributed by atoms with Crippen molar-refractivity contribution < 1.29 is 26.7 Å². The Labute approximate surface area is 184 Å². The van der Waals surface area contributed by atoms with Crippen LogP contribution in [-0.4, -0.2) is 42.9 Å². The summed E-state index contributed by atoms with van der Waals surface area (Å²) < 4.78 is 65.1. The monoisotopic (exact) mass is 479 g/mol. The van der Waals surface area contributed by atoms with Gasteiger partial charge in [-0.05, 0) is 55.0 Å². The summed E-state index contributed by atoms with van der Waals surface area (Å²) in [5.41, 5.74) is -5.21. The number of aromatic hydroxyl groups is 1. The summed E-state index contributed by atoms with van der Waals surface area (Å²) in [6.45, 7) is 1.58. The summed E-state index contributed by atoms with van der Waals surface area (Å²) in [4.78, 5) is 16.3. The molecule has 3 aromatic heterocycles. The van der Waals surface area contributed by atoms with E-state index < -0.39 is 31.8 Å². The van der Waals surface area contributed by atoms with E-state index in [-0.39, 0.29) is 17.9 Å². The Morgan fingerprint density at radius 2 is 1.79 bits per heavy atom. The molecule has 0 radical (unpaired) electrons. The number of hydrogen-bond acceptors (Lipinski definition) is 6. The zero-order valence-electron chi connectivity index (χ0n) is 16.9. The predicted molar refractivity (Wildman–Crippen MR) is 110 cm³/mol. The van der Waals surface area contributed by atoms with Crippen LogP contribution in [0.3, 0.4) is 0 Å². The number of rotatable bonds is 5. The van der Waals surface area contributed by atoms with Gasteiger partial charge in [0, 0.05) is 18.6 Å². The van der Waals surface area contributed by atoms with Gasteiger partial charge in [-0.15, -0.1) is 0 Å². The summed E-state index contributed by atoms with van der Waals surface area (Å²) in [6.07, 6.45) is 4.84. The highest BCUT2D eigenvalue weighted by atomic mass is 32.2. The van der Waals surface area contributed by atoms with E-state index in [4.69, 9.17) is 0 Å². The Bertz CT molecular complexity index is 1470. The van der Waals surface area contributed by atoms with Crippen LogP contribution in [0.2, 0.25) is 0 Å². The maximum absolute atomic E-state index is 13.0. The third kappa shape index (κ3) is 3.91. The number of nitrogens with zero attached hydrogens (tertiary/aromatic N) is 5. The molecule has 172 valence electrons. The van der Waals surface area contributed by atoms with Crippen LogP contribution in [0.25, 0.3) is 11.5 Å². The van der Waals surface area contributed by atoms with Crippen LogP contribution in [0, 0.1) is 6.92 Å².